The van der Waals surface area contributed by atoms with E-state index in [0.29, 0.717) is 25.8 Å². The van der Waals surface area contributed by atoms with Crippen molar-refractivity contribution in [3.8, 4) is 0 Å². The minimum atomic E-state index is -3.75. The quantitative estimate of drug-likeness (QED) is 0.325. The molecule has 12 heteroatoms. The van der Waals surface area contributed by atoms with E-state index in [0.717, 1.165) is 34.3 Å². The molecular weight excluding hydrogens is 507 g/mol. The van der Waals surface area contributed by atoms with Crippen molar-refractivity contribution in [2.75, 3.05) is 0 Å². The Morgan fingerprint density at radius 1 is 0.919 bits per heavy atom. The number of hydrogen-bond donors (Lipinski definition) is 4. The molecule has 10 nitrogen and oxygen atoms in total. The number of hydrogen-bond acceptors (Lipinski definition) is 5. The lowest BCUT2D eigenvalue weighted by Gasteiger charge is -2.25. The molecule has 4 N–H and O–H groups in total. The molecule has 1 atom stereocenters. The van der Waals surface area contributed by atoms with Crippen molar-refractivity contribution >= 4 is 38.8 Å². The van der Waals surface area contributed by atoms with Gasteiger partial charge in [0.1, 0.15) is 5.82 Å². The normalized spacial score (nSPS) is 14.9. The van der Waals surface area contributed by atoms with Crippen molar-refractivity contribution < 1.29 is 42.5 Å². The largest absolute Gasteiger partial charge is 0.481 e. The molecule has 2 aromatic carbocycles. The number of halogens is 1. The molecule has 0 spiro atoms. The van der Waals surface area contributed by atoms with Gasteiger partial charge >= 0.3 is 17.9 Å². The van der Waals surface area contributed by atoms with E-state index in [1.807, 2.05) is 28.8 Å². The summed E-state index contributed by atoms with van der Waals surface area (Å²) in [5, 5.41) is 25.9. The summed E-state index contributed by atoms with van der Waals surface area (Å²) in [4.78, 5) is 30.4. The molecule has 0 bridgehead atoms. The molecule has 0 saturated carbocycles. The van der Waals surface area contributed by atoms with Crippen LogP contribution in [0.25, 0.3) is 10.9 Å². The van der Waals surface area contributed by atoms with E-state index in [9.17, 15) is 27.2 Å². The summed E-state index contributed by atoms with van der Waals surface area (Å²) in [7, 11) is -3.75. The number of fused-ring (bicyclic) bond motifs is 3. The third-order valence-electron chi connectivity index (χ3n) is 5.92. The molecule has 1 aliphatic carbocycles. The first-order valence-corrected chi connectivity index (χ1v) is 13.0. The summed E-state index contributed by atoms with van der Waals surface area (Å²) in [6.07, 6.45) is 1.23. The molecule has 0 amide bonds. The maximum atomic E-state index is 13.1. The van der Waals surface area contributed by atoms with Crippen LogP contribution in [0.5, 0.6) is 0 Å². The van der Waals surface area contributed by atoms with E-state index in [1.165, 1.54) is 12.1 Å². The van der Waals surface area contributed by atoms with Crippen LogP contribution in [-0.2, 0) is 43.8 Å². The van der Waals surface area contributed by atoms with Crippen molar-refractivity contribution in [2.45, 2.75) is 56.0 Å². The SMILES string of the molecule is O=C(O)CCC(=O)O.O=C(O)CCn1c2c(c3ccccc31)C[C@H](NS(=O)(=O)c1ccc(F)cc1)CC2. The van der Waals surface area contributed by atoms with Gasteiger partial charge < -0.3 is 19.9 Å². The van der Waals surface area contributed by atoms with E-state index in [4.69, 9.17) is 15.3 Å². The number of nitrogens with one attached hydrogen (secondary N) is 1. The number of carboxylic acid groups (broad SMARTS) is 3. The summed E-state index contributed by atoms with van der Waals surface area (Å²) >= 11 is 0. The third-order valence-corrected chi connectivity index (χ3v) is 7.46. The Hall–Kier alpha value is -3.77. The van der Waals surface area contributed by atoms with Gasteiger partial charge in [0.15, 0.2) is 0 Å². The maximum Gasteiger partial charge on any atom is 0.305 e. The number of benzene rings is 2. The minimum Gasteiger partial charge on any atom is -0.481 e. The van der Waals surface area contributed by atoms with Crippen LogP contribution in [0.2, 0.25) is 0 Å². The molecule has 0 unspecified atom stereocenters. The van der Waals surface area contributed by atoms with Crippen molar-refractivity contribution in [1.82, 2.24) is 9.29 Å². The van der Waals surface area contributed by atoms with Gasteiger partial charge in [0.25, 0.3) is 0 Å². The predicted octanol–water partition coefficient (Wildman–Crippen LogP) is 3.03. The van der Waals surface area contributed by atoms with E-state index >= 15 is 0 Å². The molecule has 0 radical (unpaired) electrons. The zero-order chi connectivity index (χ0) is 27.2. The lowest BCUT2D eigenvalue weighted by Crippen LogP contribution is -2.39. The van der Waals surface area contributed by atoms with E-state index < -0.39 is 33.7 Å². The van der Waals surface area contributed by atoms with Gasteiger partial charge in [-0.1, -0.05) is 18.2 Å². The fourth-order valence-electron chi connectivity index (χ4n) is 4.28. The smallest absolute Gasteiger partial charge is 0.305 e. The monoisotopic (exact) mass is 534 g/mol. The molecule has 1 aliphatic rings. The summed E-state index contributed by atoms with van der Waals surface area (Å²) < 4.78 is 43.2. The zero-order valence-corrected chi connectivity index (χ0v) is 20.6. The molecule has 198 valence electrons. The number of carbonyl (C=O) groups is 3. The molecule has 4 rings (SSSR count). The Kier molecular flexibility index (Phi) is 9.00. The number of aliphatic carboxylic acids is 3. The molecule has 1 heterocycles. The van der Waals surface area contributed by atoms with Crippen molar-refractivity contribution in [3.05, 3.63) is 65.6 Å². The lowest BCUT2D eigenvalue weighted by atomic mass is 9.92. The van der Waals surface area contributed by atoms with Gasteiger partial charge in [-0.3, -0.25) is 14.4 Å². The number of para-hydroxylation sites is 1. The highest BCUT2D eigenvalue weighted by molar-refractivity contribution is 7.89. The predicted molar refractivity (Wildman–Crippen MR) is 131 cm³/mol. The Bertz CT molecular complexity index is 1390. The Labute approximate surface area is 212 Å². The molecule has 37 heavy (non-hydrogen) atoms. The Morgan fingerprint density at radius 2 is 1.51 bits per heavy atom. The van der Waals surface area contributed by atoms with Crippen LogP contribution in [-0.4, -0.2) is 52.3 Å². The summed E-state index contributed by atoms with van der Waals surface area (Å²) in [5.74, 6) is -3.49. The minimum absolute atomic E-state index is 0.0335. The van der Waals surface area contributed by atoms with E-state index in [1.54, 1.807) is 0 Å². The van der Waals surface area contributed by atoms with Gasteiger partial charge in [-0.15, -0.1) is 0 Å². The maximum absolute atomic E-state index is 13.1. The second-order valence-electron chi connectivity index (χ2n) is 8.54. The highest BCUT2D eigenvalue weighted by Crippen LogP contribution is 2.33. The topological polar surface area (TPSA) is 163 Å². The zero-order valence-electron chi connectivity index (χ0n) is 19.8. The van der Waals surface area contributed by atoms with Gasteiger partial charge in [-0.25, -0.2) is 17.5 Å². The fraction of sp³-hybridized carbons (Fsp3) is 0.320. The van der Waals surface area contributed by atoms with Crippen molar-refractivity contribution in [2.24, 2.45) is 0 Å². The van der Waals surface area contributed by atoms with Gasteiger partial charge in [0, 0.05) is 29.2 Å². The number of carboxylic acids is 3. The first-order valence-electron chi connectivity index (χ1n) is 11.5. The molecule has 0 fully saturated rings. The van der Waals surface area contributed by atoms with Crippen molar-refractivity contribution in [3.63, 3.8) is 0 Å². The number of nitrogens with zero attached hydrogens (tertiary/aromatic N) is 1. The standard InChI is InChI=1S/C21H21FN2O4S.C4H6O4/c22-14-5-8-16(9-6-14)29(27,28)23-15-7-10-20-18(13-15)17-3-1-2-4-19(17)24(20)12-11-21(25)26;5-3(6)1-2-4(7)8/h1-6,8-9,15,23H,7,10-13H2,(H,25,26);1-2H2,(H,5,6)(H,7,8)/t15-;/m1./s1. The second kappa shape index (κ2) is 12.0. The van der Waals surface area contributed by atoms with Crippen LogP contribution in [0, 0.1) is 5.82 Å². The summed E-state index contributed by atoms with van der Waals surface area (Å²) in [6, 6.07) is 12.3. The molecule has 3 aromatic rings. The van der Waals surface area contributed by atoms with Gasteiger partial charge in [0.05, 0.1) is 24.2 Å². The van der Waals surface area contributed by atoms with Crippen LogP contribution in [0.4, 0.5) is 4.39 Å². The van der Waals surface area contributed by atoms with Crippen molar-refractivity contribution in [1.29, 1.82) is 0 Å². The summed E-state index contributed by atoms with van der Waals surface area (Å²) in [5.41, 5.74) is 3.11. The number of aryl methyl sites for hydroxylation is 1. The van der Waals surface area contributed by atoms with Crippen LogP contribution < -0.4 is 4.72 Å². The molecule has 1 aromatic heterocycles. The first-order chi connectivity index (χ1) is 17.5. The van der Waals surface area contributed by atoms with E-state index in [-0.39, 0.29) is 30.2 Å². The van der Waals surface area contributed by atoms with Crippen LogP contribution in [0.3, 0.4) is 0 Å². The Morgan fingerprint density at radius 3 is 2.11 bits per heavy atom. The van der Waals surface area contributed by atoms with E-state index in [2.05, 4.69) is 4.72 Å². The highest BCUT2D eigenvalue weighted by Gasteiger charge is 2.28. The first kappa shape index (κ1) is 27.8. The fourth-order valence-corrected chi connectivity index (χ4v) is 5.55. The average molecular weight is 535 g/mol. The molecule has 0 saturated heterocycles. The highest BCUT2D eigenvalue weighted by atomic mass is 32.2. The van der Waals surface area contributed by atoms with Crippen LogP contribution in [0.1, 0.15) is 36.9 Å². The van der Waals surface area contributed by atoms with Gasteiger partial charge in [-0.05, 0) is 55.2 Å². The lowest BCUT2D eigenvalue weighted by molar-refractivity contribution is -0.143. The summed E-state index contributed by atoms with van der Waals surface area (Å²) in [6.45, 7) is 0.386. The molecule has 0 aliphatic heterocycles. The number of aromatic nitrogens is 1. The van der Waals surface area contributed by atoms with Gasteiger partial charge in [0.2, 0.25) is 10.0 Å². The average Bonchev–Trinajstić information content (AvgIpc) is 3.15. The Balaban J connectivity index is 0.000000414. The van der Waals surface area contributed by atoms with Crippen LogP contribution >= 0.6 is 0 Å². The third kappa shape index (κ3) is 7.37. The molecular formula is C25H27FN2O8S. The van der Waals surface area contributed by atoms with Crippen LogP contribution in [0.15, 0.2) is 53.4 Å². The number of rotatable bonds is 9. The number of sulfonamides is 1. The van der Waals surface area contributed by atoms with Gasteiger partial charge in [-0.2, -0.15) is 0 Å². The second-order valence-corrected chi connectivity index (χ2v) is 10.3.